The van der Waals surface area contributed by atoms with Crippen molar-refractivity contribution in [2.24, 2.45) is 5.73 Å². The minimum atomic E-state index is -0.992. The molecule has 0 unspecified atom stereocenters. The molecule has 1 aliphatic rings. The molecule has 2 atom stereocenters. The highest BCUT2D eigenvalue weighted by Gasteiger charge is 2.30. The van der Waals surface area contributed by atoms with Crippen molar-refractivity contribution in [3.05, 3.63) is 88.7 Å². The summed E-state index contributed by atoms with van der Waals surface area (Å²) in [7, 11) is 0. The molecule has 4 N–H and O–H groups in total. The normalized spacial score (nSPS) is 16.6. The fourth-order valence-corrected chi connectivity index (χ4v) is 4.46. The first kappa shape index (κ1) is 26.0. The number of amides is 2. The molecule has 0 saturated carbocycles. The fraction of sp³-hybridized carbons (Fsp3) is 0.286. The van der Waals surface area contributed by atoms with Crippen LogP contribution in [0, 0.1) is 6.92 Å². The van der Waals surface area contributed by atoms with Crippen LogP contribution in [0.4, 0.5) is 0 Å². The number of aromatic nitrogens is 1. The number of carbonyl (C=O) groups is 3. The minimum absolute atomic E-state index is 0.163. The van der Waals surface area contributed by atoms with Crippen molar-refractivity contribution in [3.8, 4) is 11.1 Å². The summed E-state index contributed by atoms with van der Waals surface area (Å²) in [6.07, 6.45) is 1.74. The SMILES string of the molecule is Cc1cc(C(N)=O)ccc1-c1ccnc(CN2CCOC[C@@H]2C(=O)N[C@@H](C)c2ccc(C(=O)O)cc2)c1. The smallest absolute Gasteiger partial charge is 0.335 e. The Kier molecular flexibility index (Phi) is 7.95. The predicted molar refractivity (Wildman–Crippen MR) is 138 cm³/mol. The van der Waals surface area contributed by atoms with Gasteiger partial charge in [0, 0.05) is 24.8 Å². The zero-order valence-electron chi connectivity index (χ0n) is 20.8. The lowest BCUT2D eigenvalue weighted by atomic mass is 9.98. The first-order valence-electron chi connectivity index (χ1n) is 12.0. The van der Waals surface area contributed by atoms with Gasteiger partial charge in [-0.05, 0) is 72.5 Å². The topological polar surface area (TPSA) is 135 Å². The Morgan fingerprint density at radius 2 is 1.86 bits per heavy atom. The van der Waals surface area contributed by atoms with Gasteiger partial charge in [-0.25, -0.2) is 4.79 Å². The van der Waals surface area contributed by atoms with Crippen LogP contribution in [-0.2, 0) is 16.1 Å². The van der Waals surface area contributed by atoms with Crippen LogP contribution in [0.25, 0.3) is 11.1 Å². The Morgan fingerprint density at radius 1 is 1.14 bits per heavy atom. The standard InChI is InChI=1S/C28H30N4O5/c1-17-13-22(26(29)33)7-8-24(17)21-9-10-30-23(14-21)15-32-11-12-37-16-25(32)27(34)31-18(2)19-3-5-20(6-4-19)28(35)36/h3-10,13-14,18,25H,11-12,15-16H2,1-2H3,(H2,29,33)(H,31,34)(H,35,36)/t18-,25+/m0/s1. The van der Waals surface area contributed by atoms with E-state index in [0.717, 1.165) is 27.9 Å². The summed E-state index contributed by atoms with van der Waals surface area (Å²) >= 11 is 0. The number of hydrogen-bond acceptors (Lipinski definition) is 6. The number of pyridine rings is 1. The molecule has 9 heteroatoms. The van der Waals surface area contributed by atoms with Crippen molar-refractivity contribution in [1.29, 1.82) is 0 Å². The molecular weight excluding hydrogens is 472 g/mol. The molecule has 2 aromatic carbocycles. The number of morpholine rings is 1. The summed E-state index contributed by atoms with van der Waals surface area (Å²) < 4.78 is 5.61. The highest BCUT2D eigenvalue weighted by molar-refractivity contribution is 5.93. The van der Waals surface area contributed by atoms with Gasteiger partial charge in [-0.2, -0.15) is 0 Å². The van der Waals surface area contributed by atoms with E-state index in [2.05, 4.69) is 10.3 Å². The van der Waals surface area contributed by atoms with E-state index in [1.165, 1.54) is 12.1 Å². The monoisotopic (exact) mass is 502 g/mol. The highest BCUT2D eigenvalue weighted by Crippen LogP contribution is 2.25. The van der Waals surface area contributed by atoms with Gasteiger partial charge >= 0.3 is 5.97 Å². The number of ether oxygens (including phenoxy) is 1. The number of aryl methyl sites for hydroxylation is 1. The van der Waals surface area contributed by atoms with Crippen molar-refractivity contribution in [1.82, 2.24) is 15.2 Å². The molecule has 0 bridgehead atoms. The molecule has 192 valence electrons. The second-order valence-corrected chi connectivity index (χ2v) is 9.15. The Morgan fingerprint density at radius 3 is 2.54 bits per heavy atom. The predicted octanol–water partition coefficient (Wildman–Crippen LogP) is 2.93. The third kappa shape index (κ3) is 6.19. The summed E-state index contributed by atoms with van der Waals surface area (Å²) in [6, 6.07) is 14.9. The maximum atomic E-state index is 13.2. The molecule has 2 amide bonds. The Labute approximate surface area is 215 Å². The Hall–Kier alpha value is -4.08. The Bertz CT molecular complexity index is 1310. The van der Waals surface area contributed by atoms with Gasteiger partial charge < -0.3 is 20.9 Å². The summed E-state index contributed by atoms with van der Waals surface area (Å²) in [5.41, 5.74) is 10.6. The second kappa shape index (κ2) is 11.3. The highest BCUT2D eigenvalue weighted by atomic mass is 16.5. The molecule has 1 saturated heterocycles. The lowest BCUT2D eigenvalue weighted by Crippen LogP contribution is -2.53. The fourth-order valence-electron chi connectivity index (χ4n) is 4.46. The number of benzene rings is 2. The van der Waals surface area contributed by atoms with Gasteiger partial charge in [0.15, 0.2) is 0 Å². The van der Waals surface area contributed by atoms with E-state index in [-0.39, 0.29) is 24.1 Å². The summed E-state index contributed by atoms with van der Waals surface area (Å²) in [5, 5.41) is 12.1. The third-order valence-electron chi connectivity index (χ3n) is 6.56. The van der Waals surface area contributed by atoms with Crippen LogP contribution in [0.2, 0.25) is 0 Å². The molecule has 1 aliphatic heterocycles. The number of nitrogens with zero attached hydrogens (tertiary/aromatic N) is 2. The molecule has 1 fully saturated rings. The van der Waals surface area contributed by atoms with Gasteiger partial charge in [-0.1, -0.05) is 18.2 Å². The lowest BCUT2D eigenvalue weighted by molar-refractivity contribution is -0.133. The van der Waals surface area contributed by atoms with Crippen LogP contribution in [0.1, 0.15) is 50.5 Å². The molecule has 0 spiro atoms. The maximum Gasteiger partial charge on any atom is 0.335 e. The van der Waals surface area contributed by atoms with E-state index in [4.69, 9.17) is 15.6 Å². The molecule has 9 nitrogen and oxygen atoms in total. The van der Waals surface area contributed by atoms with Gasteiger partial charge in [0.1, 0.15) is 6.04 Å². The van der Waals surface area contributed by atoms with Crippen molar-refractivity contribution >= 4 is 17.8 Å². The number of carboxylic acids is 1. The number of aromatic carboxylic acids is 1. The molecule has 3 aromatic rings. The van der Waals surface area contributed by atoms with Crippen molar-refractivity contribution in [2.45, 2.75) is 32.5 Å². The van der Waals surface area contributed by atoms with Crippen molar-refractivity contribution in [3.63, 3.8) is 0 Å². The second-order valence-electron chi connectivity index (χ2n) is 9.15. The van der Waals surface area contributed by atoms with E-state index in [1.54, 1.807) is 30.5 Å². The first-order valence-corrected chi connectivity index (χ1v) is 12.0. The zero-order chi connectivity index (χ0) is 26.5. The van der Waals surface area contributed by atoms with Gasteiger partial charge in [-0.15, -0.1) is 0 Å². The molecule has 0 radical (unpaired) electrons. The van der Waals surface area contributed by atoms with Crippen LogP contribution < -0.4 is 11.1 Å². The van der Waals surface area contributed by atoms with Crippen LogP contribution >= 0.6 is 0 Å². The average Bonchev–Trinajstić information content (AvgIpc) is 2.89. The van der Waals surface area contributed by atoms with E-state index in [1.807, 2.05) is 36.9 Å². The van der Waals surface area contributed by atoms with Gasteiger partial charge in [0.25, 0.3) is 0 Å². The molecule has 1 aromatic heterocycles. The largest absolute Gasteiger partial charge is 0.478 e. The van der Waals surface area contributed by atoms with Crippen LogP contribution in [-0.4, -0.2) is 58.6 Å². The van der Waals surface area contributed by atoms with Crippen LogP contribution in [0.3, 0.4) is 0 Å². The summed E-state index contributed by atoms with van der Waals surface area (Å²) in [5.74, 6) is -1.62. The van der Waals surface area contributed by atoms with Gasteiger partial charge in [0.05, 0.1) is 30.5 Å². The molecule has 37 heavy (non-hydrogen) atoms. The maximum absolute atomic E-state index is 13.2. The number of nitrogens with two attached hydrogens (primary N) is 1. The number of nitrogens with one attached hydrogen (secondary N) is 1. The van der Waals surface area contributed by atoms with E-state index >= 15 is 0 Å². The summed E-state index contributed by atoms with van der Waals surface area (Å²) in [6.45, 7) is 5.62. The third-order valence-corrected chi connectivity index (χ3v) is 6.56. The molecule has 4 rings (SSSR count). The lowest BCUT2D eigenvalue weighted by Gasteiger charge is -2.35. The first-order chi connectivity index (χ1) is 17.7. The van der Waals surface area contributed by atoms with Gasteiger partial charge in [-0.3, -0.25) is 19.5 Å². The molecule has 0 aliphatic carbocycles. The Balaban J connectivity index is 1.46. The number of primary amides is 1. The number of carboxylic acid groups (broad SMARTS) is 1. The van der Waals surface area contributed by atoms with E-state index in [9.17, 15) is 14.4 Å². The summed E-state index contributed by atoms with van der Waals surface area (Å²) in [4.78, 5) is 42.4. The van der Waals surface area contributed by atoms with Crippen LogP contribution in [0.5, 0.6) is 0 Å². The number of hydrogen-bond donors (Lipinski definition) is 3. The molecule has 2 heterocycles. The van der Waals surface area contributed by atoms with Crippen LogP contribution in [0.15, 0.2) is 60.8 Å². The van der Waals surface area contributed by atoms with E-state index < -0.39 is 17.9 Å². The van der Waals surface area contributed by atoms with Crippen molar-refractivity contribution < 1.29 is 24.2 Å². The zero-order valence-corrected chi connectivity index (χ0v) is 20.8. The van der Waals surface area contributed by atoms with E-state index in [0.29, 0.717) is 25.3 Å². The van der Waals surface area contributed by atoms with Gasteiger partial charge in [0.2, 0.25) is 11.8 Å². The average molecular weight is 503 g/mol. The number of rotatable bonds is 8. The minimum Gasteiger partial charge on any atom is -0.478 e. The molecular formula is C28H30N4O5. The van der Waals surface area contributed by atoms with Crippen molar-refractivity contribution in [2.75, 3.05) is 19.8 Å². The quantitative estimate of drug-likeness (QED) is 0.431. The number of carbonyl (C=O) groups excluding carboxylic acids is 2.